The van der Waals surface area contributed by atoms with Crippen LogP contribution in [0.1, 0.15) is 54.4 Å². The molecule has 110 valence electrons. The largest absolute Gasteiger partial charge is 0.394 e. The summed E-state index contributed by atoms with van der Waals surface area (Å²) in [7, 11) is 0. The van der Waals surface area contributed by atoms with E-state index in [4.69, 9.17) is 0 Å². The molecule has 18 heavy (non-hydrogen) atoms. The van der Waals surface area contributed by atoms with Crippen molar-refractivity contribution < 1.29 is 5.11 Å². The van der Waals surface area contributed by atoms with E-state index >= 15 is 0 Å². The Hall–Kier alpha value is -0.120. The molecule has 0 rings (SSSR count). The molecule has 0 aliphatic heterocycles. The summed E-state index contributed by atoms with van der Waals surface area (Å²) in [6.45, 7) is 16.6. The molecule has 0 aromatic heterocycles. The van der Waals surface area contributed by atoms with E-state index in [1.165, 1.54) is 6.42 Å². The molecule has 0 fully saturated rings. The van der Waals surface area contributed by atoms with Gasteiger partial charge in [-0.15, -0.1) is 0 Å². The molecular weight excluding hydrogens is 224 g/mol. The first-order chi connectivity index (χ1) is 8.42. The molecular formula is C15H34N2O. The van der Waals surface area contributed by atoms with E-state index in [0.29, 0.717) is 6.04 Å². The average molecular weight is 258 g/mol. The van der Waals surface area contributed by atoms with Gasteiger partial charge in [-0.25, -0.2) is 0 Å². The summed E-state index contributed by atoms with van der Waals surface area (Å²) < 4.78 is 0. The first-order valence-electron chi connectivity index (χ1n) is 7.52. The van der Waals surface area contributed by atoms with Crippen molar-refractivity contribution in [2.75, 3.05) is 26.2 Å². The van der Waals surface area contributed by atoms with Gasteiger partial charge in [-0.1, -0.05) is 34.1 Å². The number of rotatable bonds is 10. The quantitative estimate of drug-likeness (QED) is 0.632. The van der Waals surface area contributed by atoms with E-state index in [1.54, 1.807) is 0 Å². The van der Waals surface area contributed by atoms with E-state index < -0.39 is 0 Å². The van der Waals surface area contributed by atoms with Crippen LogP contribution in [0.15, 0.2) is 0 Å². The van der Waals surface area contributed by atoms with Gasteiger partial charge < -0.3 is 15.3 Å². The van der Waals surface area contributed by atoms with Crippen molar-refractivity contribution >= 4 is 0 Å². The minimum absolute atomic E-state index is 0.156. The van der Waals surface area contributed by atoms with Crippen LogP contribution >= 0.6 is 0 Å². The van der Waals surface area contributed by atoms with Crippen LogP contribution in [0.3, 0.4) is 0 Å². The SMILES string of the molecule is CCNC(C)(CO)CC(C)N(CC)CC(C)CC. The van der Waals surface area contributed by atoms with Crippen LogP contribution in [0.4, 0.5) is 0 Å². The van der Waals surface area contributed by atoms with Crippen molar-refractivity contribution in [2.24, 2.45) is 5.92 Å². The maximum atomic E-state index is 9.57. The minimum Gasteiger partial charge on any atom is -0.394 e. The van der Waals surface area contributed by atoms with Gasteiger partial charge in [0.15, 0.2) is 0 Å². The number of aliphatic hydroxyl groups is 1. The number of aliphatic hydroxyl groups excluding tert-OH is 1. The van der Waals surface area contributed by atoms with Gasteiger partial charge in [-0.05, 0) is 39.3 Å². The van der Waals surface area contributed by atoms with Crippen molar-refractivity contribution in [3.63, 3.8) is 0 Å². The van der Waals surface area contributed by atoms with Crippen LogP contribution in [0.25, 0.3) is 0 Å². The third-order valence-corrected chi connectivity index (χ3v) is 3.97. The fourth-order valence-corrected chi connectivity index (χ4v) is 2.55. The Bertz CT molecular complexity index is 211. The fraction of sp³-hybridized carbons (Fsp3) is 1.00. The molecule has 0 aliphatic rings. The molecule has 0 aliphatic carbocycles. The molecule has 3 unspecified atom stereocenters. The molecule has 3 heteroatoms. The van der Waals surface area contributed by atoms with E-state index in [0.717, 1.165) is 32.0 Å². The lowest BCUT2D eigenvalue weighted by Gasteiger charge is -2.37. The zero-order valence-electron chi connectivity index (χ0n) is 13.3. The van der Waals surface area contributed by atoms with Gasteiger partial charge in [0.05, 0.1) is 6.61 Å². The molecule has 0 radical (unpaired) electrons. The summed E-state index contributed by atoms with van der Waals surface area (Å²) >= 11 is 0. The minimum atomic E-state index is -0.156. The van der Waals surface area contributed by atoms with Crippen LogP contribution in [0.5, 0.6) is 0 Å². The van der Waals surface area contributed by atoms with Crippen molar-refractivity contribution in [1.29, 1.82) is 0 Å². The molecule has 3 atom stereocenters. The predicted molar refractivity (Wildman–Crippen MR) is 79.9 cm³/mol. The second kappa shape index (κ2) is 8.89. The van der Waals surface area contributed by atoms with Gasteiger partial charge in [-0.3, -0.25) is 0 Å². The Morgan fingerprint density at radius 2 is 1.83 bits per heavy atom. The van der Waals surface area contributed by atoms with Gasteiger partial charge >= 0.3 is 0 Å². The Kier molecular flexibility index (Phi) is 8.83. The van der Waals surface area contributed by atoms with Crippen LogP contribution in [-0.2, 0) is 0 Å². The molecule has 0 amide bonds. The van der Waals surface area contributed by atoms with Crippen LogP contribution in [0.2, 0.25) is 0 Å². The molecule has 3 nitrogen and oxygen atoms in total. The van der Waals surface area contributed by atoms with Crippen molar-refractivity contribution in [2.45, 2.75) is 66.0 Å². The molecule has 0 spiro atoms. The Morgan fingerprint density at radius 3 is 2.22 bits per heavy atom. The zero-order valence-corrected chi connectivity index (χ0v) is 13.3. The molecule has 0 saturated heterocycles. The van der Waals surface area contributed by atoms with Crippen molar-refractivity contribution in [1.82, 2.24) is 10.2 Å². The second-order valence-electron chi connectivity index (χ2n) is 5.90. The van der Waals surface area contributed by atoms with Crippen LogP contribution in [-0.4, -0.2) is 47.8 Å². The smallest absolute Gasteiger partial charge is 0.0611 e. The van der Waals surface area contributed by atoms with Crippen molar-refractivity contribution in [3.8, 4) is 0 Å². The van der Waals surface area contributed by atoms with Crippen LogP contribution < -0.4 is 5.32 Å². The maximum absolute atomic E-state index is 9.57. The van der Waals surface area contributed by atoms with Gasteiger partial charge in [0.1, 0.15) is 0 Å². The molecule has 0 aromatic rings. The zero-order chi connectivity index (χ0) is 14.2. The fourth-order valence-electron chi connectivity index (χ4n) is 2.55. The van der Waals surface area contributed by atoms with Gasteiger partial charge in [0.2, 0.25) is 0 Å². The highest BCUT2D eigenvalue weighted by Gasteiger charge is 2.27. The van der Waals surface area contributed by atoms with Crippen LogP contribution in [0, 0.1) is 5.92 Å². The second-order valence-corrected chi connectivity index (χ2v) is 5.90. The third kappa shape index (κ3) is 6.17. The highest BCUT2D eigenvalue weighted by molar-refractivity contribution is 4.87. The van der Waals surface area contributed by atoms with E-state index in [1.807, 2.05) is 0 Å². The predicted octanol–water partition coefficient (Wildman–Crippen LogP) is 2.49. The first-order valence-corrected chi connectivity index (χ1v) is 7.52. The Morgan fingerprint density at radius 1 is 1.22 bits per heavy atom. The first kappa shape index (κ1) is 17.9. The Labute approximate surface area is 114 Å². The summed E-state index contributed by atoms with van der Waals surface area (Å²) in [6.07, 6.45) is 2.22. The molecule has 0 heterocycles. The lowest BCUT2D eigenvalue weighted by Crippen LogP contribution is -2.51. The molecule has 0 aromatic carbocycles. The normalized spacial score (nSPS) is 18.7. The van der Waals surface area contributed by atoms with Gasteiger partial charge in [-0.2, -0.15) is 0 Å². The van der Waals surface area contributed by atoms with E-state index in [2.05, 4.69) is 51.8 Å². The number of nitrogens with one attached hydrogen (secondary N) is 1. The maximum Gasteiger partial charge on any atom is 0.0611 e. The van der Waals surface area contributed by atoms with Gasteiger partial charge in [0.25, 0.3) is 0 Å². The number of hydrogen-bond donors (Lipinski definition) is 2. The third-order valence-electron chi connectivity index (χ3n) is 3.97. The lowest BCUT2D eigenvalue weighted by atomic mass is 9.93. The summed E-state index contributed by atoms with van der Waals surface area (Å²) in [6, 6.07) is 0.500. The topological polar surface area (TPSA) is 35.5 Å². The summed E-state index contributed by atoms with van der Waals surface area (Å²) in [5.41, 5.74) is -0.156. The summed E-state index contributed by atoms with van der Waals surface area (Å²) in [5, 5.41) is 13.0. The molecule has 0 bridgehead atoms. The van der Waals surface area contributed by atoms with E-state index in [-0.39, 0.29) is 12.1 Å². The molecule has 0 saturated carbocycles. The number of likely N-dealkylation sites (N-methyl/N-ethyl adjacent to an activating group) is 1. The standard InChI is InChI=1S/C15H34N2O/c1-7-13(4)11-17(9-3)14(5)10-15(6,12-18)16-8-2/h13-14,16,18H,7-12H2,1-6H3. The average Bonchev–Trinajstić information content (AvgIpc) is 2.35. The van der Waals surface area contributed by atoms with Gasteiger partial charge in [0, 0.05) is 18.1 Å². The summed E-state index contributed by atoms with van der Waals surface area (Å²) in [5.74, 6) is 0.743. The number of hydrogen-bond acceptors (Lipinski definition) is 3. The number of nitrogens with zero attached hydrogens (tertiary/aromatic N) is 1. The highest BCUT2D eigenvalue weighted by Crippen LogP contribution is 2.17. The monoisotopic (exact) mass is 258 g/mol. The Balaban J connectivity index is 4.44. The van der Waals surface area contributed by atoms with Crippen molar-refractivity contribution in [3.05, 3.63) is 0 Å². The lowest BCUT2D eigenvalue weighted by molar-refractivity contribution is 0.110. The van der Waals surface area contributed by atoms with E-state index in [9.17, 15) is 5.11 Å². The highest BCUT2D eigenvalue weighted by atomic mass is 16.3. The summed E-state index contributed by atoms with van der Waals surface area (Å²) in [4.78, 5) is 2.53. The molecule has 2 N–H and O–H groups in total.